The van der Waals surface area contributed by atoms with Crippen LogP contribution in [0.2, 0.25) is 5.02 Å². The largest absolute Gasteiger partial charge is 0.325 e. The Hall–Kier alpha value is -1.90. The molecule has 118 valence electrons. The first kappa shape index (κ1) is 16.0. The van der Waals surface area contributed by atoms with Crippen LogP contribution in [0.1, 0.15) is 4.88 Å². The average Bonchev–Trinajstić information content (AvgIpc) is 3.18. The van der Waals surface area contributed by atoms with Crippen molar-refractivity contribution in [2.45, 2.75) is 11.7 Å². The van der Waals surface area contributed by atoms with E-state index in [-0.39, 0.29) is 11.7 Å². The molecule has 2 aromatic heterocycles. The molecule has 3 rings (SSSR count). The van der Waals surface area contributed by atoms with Crippen molar-refractivity contribution in [1.29, 1.82) is 0 Å². The second-order valence-corrected chi connectivity index (χ2v) is 6.96. The van der Waals surface area contributed by atoms with Gasteiger partial charge >= 0.3 is 0 Å². The minimum absolute atomic E-state index is 0.136. The molecule has 9 heteroatoms. The third-order valence-electron chi connectivity index (χ3n) is 2.83. The number of carbonyl (C=O) groups is 1. The van der Waals surface area contributed by atoms with Gasteiger partial charge in [0.2, 0.25) is 11.1 Å². The van der Waals surface area contributed by atoms with E-state index in [1.165, 1.54) is 11.8 Å². The maximum absolute atomic E-state index is 12.0. The molecule has 3 aromatic rings. The van der Waals surface area contributed by atoms with E-state index < -0.39 is 0 Å². The van der Waals surface area contributed by atoms with Gasteiger partial charge in [-0.25, -0.2) is 4.68 Å². The number of halogens is 1. The van der Waals surface area contributed by atoms with Gasteiger partial charge < -0.3 is 5.32 Å². The van der Waals surface area contributed by atoms with Gasteiger partial charge in [0.1, 0.15) is 0 Å². The Kier molecular flexibility index (Phi) is 5.27. The van der Waals surface area contributed by atoms with Crippen LogP contribution in [0, 0.1) is 0 Å². The van der Waals surface area contributed by atoms with Crippen molar-refractivity contribution in [3.8, 4) is 0 Å². The summed E-state index contributed by atoms with van der Waals surface area (Å²) in [4.78, 5) is 13.2. The zero-order valence-corrected chi connectivity index (χ0v) is 14.2. The van der Waals surface area contributed by atoms with Crippen LogP contribution in [0.25, 0.3) is 0 Å². The number of hydrogen-bond donors (Lipinski definition) is 1. The van der Waals surface area contributed by atoms with Gasteiger partial charge in [-0.05, 0) is 40.1 Å². The van der Waals surface area contributed by atoms with Gasteiger partial charge in [0, 0.05) is 15.6 Å². The zero-order chi connectivity index (χ0) is 16.1. The maximum Gasteiger partial charge on any atom is 0.234 e. The maximum atomic E-state index is 12.0. The number of rotatable bonds is 6. The lowest BCUT2D eigenvalue weighted by Crippen LogP contribution is -2.14. The molecule has 0 saturated carbocycles. The molecule has 0 aliphatic carbocycles. The normalized spacial score (nSPS) is 10.7. The number of tetrazole rings is 1. The molecule has 0 saturated heterocycles. The Labute approximate surface area is 145 Å². The molecule has 0 radical (unpaired) electrons. The van der Waals surface area contributed by atoms with E-state index >= 15 is 0 Å². The predicted molar refractivity (Wildman–Crippen MR) is 92.0 cm³/mol. The van der Waals surface area contributed by atoms with Gasteiger partial charge in [0.05, 0.1) is 12.3 Å². The van der Waals surface area contributed by atoms with Gasteiger partial charge in [0.25, 0.3) is 0 Å². The summed E-state index contributed by atoms with van der Waals surface area (Å²) in [6.07, 6.45) is 0. The van der Waals surface area contributed by atoms with Crippen LogP contribution in [-0.4, -0.2) is 31.9 Å². The molecular formula is C14H12ClN5OS2. The van der Waals surface area contributed by atoms with Crippen molar-refractivity contribution >= 4 is 46.3 Å². The van der Waals surface area contributed by atoms with Crippen molar-refractivity contribution in [3.05, 3.63) is 51.7 Å². The zero-order valence-electron chi connectivity index (χ0n) is 11.8. The fourth-order valence-corrected chi connectivity index (χ4v) is 3.40. The summed E-state index contributed by atoms with van der Waals surface area (Å²) in [5, 5.41) is 17.6. The second-order valence-electron chi connectivity index (χ2n) is 4.55. The highest BCUT2D eigenvalue weighted by Gasteiger charge is 2.11. The number of nitrogens with zero attached hydrogens (tertiary/aromatic N) is 4. The summed E-state index contributed by atoms with van der Waals surface area (Å²) in [7, 11) is 0. The lowest BCUT2D eigenvalue weighted by atomic mass is 10.3. The fraction of sp³-hybridized carbons (Fsp3) is 0.143. The first-order chi connectivity index (χ1) is 11.2. The van der Waals surface area contributed by atoms with E-state index in [9.17, 15) is 4.79 Å². The summed E-state index contributed by atoms with van der Waals surface area (Å²) in [5.41, 5.74) is 0.668. The topological polar surface area (TPSA) is 72.7 Å². The van der Waals surface area contributed by atoms with Crippen LogP contribution >= 0.6 is 34.7 Å². The van der Waals surface area contributed by atoms with E-state index in [4.69, 9.17) is 11.6 Å². The molecule has 1 amide bonds. The Bertz CT molecular complexity index is 790. The summed E-state index contributed by atoms with van der Waals surface area (Å²) >= 11 is 8.82. The van der Waals surface area contributed by atoms with E-state index in [0.717, 1.165) is 4.88 Å². The number of hydrogen-bond acceptors (Lipinski definition) is 6. The van der Waals surface area contributed by atoms with Crippen LogP contribution in [0.5, 0.6) is 0 Å². The van der Waals surface area contributed by atoms with E-state index in [1.54, 1.807) is 40.3 Å². The third kappa shape index (κ3) is 4.54. The third-order valence-corrected chi connectivity index (χ3v) is 4.88. The quantitative estimate of drug-likeness (QED) is 0.679. The molecule has 0 spiro atoms. The molecule has 0 fully saturated rings. The molecule has 0 bridgehead atoms. The molecular weight excluding hydrogens is 354 g/mol. The summed E-state index contributed by atoms with van der Waals surface area (Å²) in [6, 6.07) is 11.0. The molecule has 6 nitrogen and oxygen atoms in total. The van der Waals surface area contributed by atoms with Crippen LogP contribution in [0.15, 0.2) is 46.9 Å². The molecule has 0 aliphatic heterocycles. The van der Waals surface area contributed by atoms with E-state index in [2.05, 4.69) is 20.8 Å². The number of amides is 1. The SMILES string of the molecule is O=C(CSc1nnnn1Cc1cccs1)Nc1cccc(Cl)c1. The van der Waals surface area contributed by atoms with Crippen molar-refractivity contribution in [2.24, 2.45) is 0 Å². The van der Waals surface area contributed by atoms with Crippen molar-refractivity contribution in [2.75, 3.05) is 11.1 Å². The van der Waals surface area contributed by atoms with Gasteiger partial charge in [-0.1, -0.05) is 35.5 Å². The standard InChI is InChI=1S/C14H12ClN5OS2/c15-10-3-1-4-11(7-10)16-13(21)9-23-14-17-18-19-20(14)8-12-5-2-6-22-12/h1-7H,8-9H2,(H,16,21). The first-order valence-electron chi connectivity index (χ1n) is 6.67. The summed E-state index contributed by atoms with van der Waals surface area (Å²) in [5.74, 6) is 0.0834. The average molecular weight is 366 g/mol. The van der Waals surface area contributed by atoms with Gasteiger partial charge in [-0.15, -0.1) is 16.4 Å². The Balaban J connectivity index is 1.56. The van der Waals surface area contributed by atoms with Crippen molar-refractivity contribution < 1.29 is 4.79 Å². The number of thiophene rings is 1. The van der Waals surface area contributed by atoms with Gasteiger partial charge in [0.15, 0.2) is 0 Å². The van der Waals surface area contributed by atoms with Crippen molar-refractivity contribution in [3.63, 3.8) is 0 Å². The highest BCUT2D eigenvalue weighted by Crippen LogP contribution is 2.18. The van der Waals surface area contributed by atoms with Gasteiger partial charge in [-0.3, -0.25) is 4.79 Å². The minimum Gasteiger partial charge on any atom is -0.325 e. The number of benzene rings is 1. The van der Waals surface area contributed by atoms with E-state index in [0.29, 0.717) is 22.4 Å². The molecule has 0 unspecified atom stereocenters. The molecule has 2 heterocycles. The number of nitrogens with one attached hydrogen (secondary N) is 1. The molecule has 0 atom stereocenters. The summed E-state index contributed by atoms with van der Waals surface area (Å²) < 4.78 is 1.68. The molecule has 23 heavy (non-hydrogen) atoms. The van der Waals surface area contributed by atoms with Crippen molar-refractivity contribution in [1.82, 2.24) is 20.2 Å². The smallest absolute Gasteiger partial charge is 0.234 e. The molecule has 1 aromatic carbocycles. The summed E-state index contributed by atoms with van der Waals surface area (Å²) in [6.45, 7) is 0.600. The Morgan fingerprint density at radius 3 is 3.04 bits per heavy atom. The fourth-order valence-electron chi connectivity index (χ4n) is 1.84. The number of anilines is 1. The number of thioether (sulfide) groups is 1. The number of carbonyl (C=O) groups excluding carboxylic acids is 1. The highest BCUT2D eigenvalue weighted by atomic mass is 35.5. The van der Waals surface area contributed by atoms with E-state index in [1.807, 2.05) is 17.5 Å². The predicted octanol–water partition coefficient (Wildman–Crippen LogP) is 3.17. The first-order valence-corrected chi connectivity index (χ1v) is 8.92. The Morgan fingerprint density at radius 1 is 1.35 bits per heavy atom. The monoisotopic (exact) mass is 365 g/mol. The van der Waals surface area contributed by atoms with Crippen LogP contribution in [0.4, 0.5) is 5.69 Å². The highest BCUT2D eigenvalue weighted by molar-refractivity contribution is 7.99. The Morgan fingerprint density at radius 2 is 2.26 bits per heavy atom. The number of aromatic nitrogens is 4. The lowest BCUT2D eigenvalue weighted by Gasteiger charge is -2.05. The molecule has 0 aliphatic rings. The second kappa shape index (κ2) is 7.58. The van der Waals surface area contributed by atoms with Crippen LogP contribution in [-0.2, 0) is 11.3 Å². The van der Waals surface area contributed by atoms with Crippen LogP contribution in [0.3, 0.4) is 0 Å². The molecule has 1 N–H and O–H groups in total. The minimum atomic E-state index is -0.136. The van der Waals surface area contributed by atoms with Gasteiger partial charge in [-0.2, -0.15) is 0 Å². The lowest BCUT2D eigenvalue weighted by molar-refractivity contribution is -0.113. The van der Waals surface area contributed by atoms with Crippen LogP contribution < -0.4 is 5.32 Å².